The molecule has 8 nitrogen and oxygen atoms in total. The molecule has 2 rings (SSSR count). The number of methoxy groups -OCH3 is 1. The molecule has 3 unspecified atom stereocenters. The molecular formula is C30H39N3O5. The van der Waals surface area contributed by atoms with Gasteiger partial charge in [-0.1, -0.05) is 38.3 Å². The molecule has 0 aliphatic carbocycles. The summed E-state index contributed by atoms with van der Waals surface area (Å²) in [6.07, 6.45) is 5.46. The van der Waals surface area contributed by atoms with Crippen LogP contribution in [-0.2, 0) is 14.3 Å². The monoisotopic (exact) mass is 521 g/mol. The molecule has 3 atom stereocenters. The van der Waals surface area contributed by atoms with Gasteiger partial charge in [0.05, 0.1) is 7.11 Å². The molecule has 0 saturated carbocycles. The van der Waals surface area contributed by atoms with Gasteiger partial charge in [0, 0.05) is 17.8 Å². The van der Waals surface area contributed by atoms with E-state index in [1.807, 2.05) is 13.8 Å². The standard InChI is InChI=1S/C30H39N3O5/c1-9-20(4)25(32-29(36)38-30(5,6)7)28(35)33(11-3)26(22-14-12-21(10-2)13-15-22)27(34)31-23-16-18-24(37-8)19-17-23/h2,12-20,25-26H,9,11H2,1,3-8H3,(H,31,34)(H,32,36). The Bertz CT molecular complexity index is 1130. The van der Waals surface area contributed by atoms with Crippen LogP contribution >= 0.6 is 0 Å². The van der Waals surface area contributed by atoms with Gasteiger partial charge in [-0.15, -0.1) is 6.42 Å². The summed E-state index contributed by atoms with van der Waals surface area (Å²) >= 11 is 0. The Balaban J connectivity index is 2.47. The Kier molecular flexibility index (Phi) is 10.8. The van der Waals surface area contributed by atoms with Gasteiger partial charge in [-0.2, -0.15) is 0 Å². The summed E-state index contributed by atoms with van der Waals surface area (Å²) in [5.74, 6) is 2.22. The molecule has 3 amide bonds. The van der Waals surface area contributed by atoms with E-state index in [9.17, 15) is 14.4 Å². The Morgan fingerprint density at radius 2 is 1.63 bits per heavy atom. The quantitative estimate of drug-likeness (QED) is 0.422. The van der Waals surface area contributed by atoms with Crippen molar-refractivity contribution in [3.63, 3.8) is 0 Å². The highest BCUT2D eigenvalue weighted by Crippen LogP contribution is 2.27. The lowest BCUT2D eigenvalue weighted by Gasteiger charge is -2.35. The van der Waals surface area contributed by atoms with Crippen LogP contribution in [0.25, 0.3) is 0 Å². The Labute approximate surface area is 226 Å². The molecule has 8 heteroatoms. The summed E-state index contributed by atoms with van der Waals surface area (Å²) in [4.78, 5) is 41.8. The van der Waals surface area contributed by atoms with Crippen molar-refractivity contribution in [2.45, 2.75) is 65.6 Å². The maximum Gasteiger partial charge on any atom is 0.408 e. The summed E-state index contributed by atoms with van der Waals surface area (Å²) in [5, 5.41) is 5.64. The van der Waals surface area contributed by atoms with Crippen LogP contribution in [0.15, 0.2) is 48.5 Å². The van der Waals surface area contributed by atoms with Crippen molar-refractivity contribution in [2.75, 3.05) is 19.0 Å². The first-order valence-electron chi connectivity index (χ1n) is 12.8. The first-order valence-corrected chi connectivity index (χ1v) is 12.8. The minimum absolute atomic E-state index is 0.210. The van der Waals surface area contributed by atoms with Gasteiger partial charge in [-0.3, -0.25) is 9.59 Å². The van der Waals surface area contributed by atoms with Gasteiger partial charge in [-0.25, -0.2) is 4.79 Å². The largest absolute Gasteiger partial charge is 0.497 e. The maximum absolute atomic E-state index is 14.0. The van der Waals surface area contributed by atoms with E-state index in [1.165, 1.54) is 4.90 Å². The predicted octanol–water partition coefficient (Wildman–Crippen LogP) is 5.14. The number of anilines is 1. The fourth-order valence-electron chi connectivity index (χ4n) is 3.88. The van der Waals surface area contributed by atoms with Gasteiger partial charge in [0.1, 0.15) is 23.4 Å². The average Bonchev–Trinajstić information content (AvgIpc) is 2.89. The van der Waals surface area contributed by atoms with Crippen LogP contribution in [0.4, 0.5) is 10.5 Å². The van der Waals surface area contributed by atoms with Crippen LogP contribution < -0.4 is 15.4 Å². The summed E-state index contributed by atoms with van der Waals surface area (Å²) in [6.45, 7) is 11.1. The minimum Gasteiger partial charge on any atom is -0.497 e. The Morgan fingerprint density at radius 3 is 2.11 bits per heavy atom. The molecule has 38 heavy (non-hydrogen) atoms. The third-order valence-corrected chi connectivity index (χ3v) is 6.09. The van der Waals surface area contributed by atoms with E-state index in [-0.39, 0.29) is 18.4 Å². The third-order valence-electron chi connectivity index (χ3n) is 6.09. The number of terminal acetylenes is 1. The number of carbonyl (C=O) groups excluding carboxylic acids is 3. The van der Waals surface area contributed by atoms with Gasteiger partial charge in [-0.05, 0) is 75.6 Å². The highest BCUT2D eigenvalue weighted by Gasteiger charge is 2.37. The zero-order chi connectivity index (χ0) is 28.5. The number of nitrogens with zero attached hydrogens (tertiary/aromatic N) is 1. The molecule has 2 aromatic carbocycles. The maximum atomic E-state index is 14.0. The fourth-order valence-corrected chi connectivity index (χ4v) is 3.88. The smallest absolute Gasteiger partial charge is 0.408 e. The lowest BCUT2D eigenvalue weighted by molar-refractivity contribution is -0.141. The summed E-state index contributed by atoms with van der Waals surface area (Å²) in [5.41, 5.74) is 1.07. The fraction of sp³-hybridized carbons (Fsp3) is 0.433. The van der Waals surface area contributed by atoms with Crippen LogP contribution in [-0.4, -0.2) is 48.1 Å². The second-order valence-corrected chi connectivity index (χ2v) is 10.0. The highest BCUT2D eigenvalue weighted by molar-refractivity contribution is 5.99. The molecule has 0 heterocycles. The Hall–Kier alpha value is -3.99. The van der Waals surface area contributed by atoms with E-state index >= 15 is 0 Å². The summed E-state index contributed by atoms with van der Waals surface area (Å²) in [7, 11) is 1.56. The van der Waals surface area contributed by atoms with Crippen molar-refractivity contribution in [1.82, 2.24) is 10.2 Å². The van der Waals surface area contributed by atoms with Crippen LogP contribution in [0, 0.1) is 18.3 Å². The molecule has 2 aromatic rings. The second kappa shape index (κ2) is 13.5. The number of ether oxygens (including phenoxy) is 2. The number of hydrogen-bond donors (Lipinski definition) is 2. The molecule has 0 bridgehead atoms. The summed E-state index contributed by atoms with van der Waals surface area (Å²) < 4.78 is 10.6. The molecule has 0 saturated heterocycles. The molecular weight excluding hydrogens is 482 g/mol. The van der Waals surface area contributed by atoms with Crippen molar-refractivity contribution in [3.8, 4) is 18.1 Å². The van der Waals surface area contributed by atoms with Crippen molar-refractivity contribution in [1.29, 1.82) is 0 Å². The highest BCUT2D eigenvalue weighted by atomic mass is 16.6. The normalized spacial score (nSPS) is 13.3. The van der Waals surface area contributed by atoms with Gasteiger partial charge >= 0.3 is 6.09 Å². The number of amides is 3. The van der Waals surface area contributed by atoms with E-state index in [4.69, 9.17) is 15.9 Å². The van der Waals surface area contributed by atoms with Crippen LogP contribution in [0.2, 0.25) is 0 Å². The number of likely N-dealkylation sites (N-methyl/N-ethyl adjacent to an activating group) is 1. The van der Waals surface area contributed by atoms with E-state index in [2.05, 4.69) is 16.6 Å². The van der Waals surface area contributed by atoms with E-state index in [1.54, 1.807) is 83.3 Å². The van der Waals surface area contributed by atoms with Crippen LogP contribution in [0.3, 0.4) is 0 Å². The Morgan fingerprint density at radius 1 is 1.03 bits per heavy atom. The lowest BCUT2D eigenvalue weighted by atomic mass is 9.95. The number of hydrogen-bond acceptors (Lipinski definition) is 5. The zero-order valence-electron chi connectivity index (χ0n) is 23.3. The van der Waals surface area contributed by atoms with E-state index < -0.39 is 29.7 Å². The van der Waals surface area contributed by atoms with E-state index in [0.717, 1.165) is 0 Å². The molecule has 0 aliphatic rings. The molecule has 0 spiro atoms. The van der Waals surface area contributed by atoms with Crippen LogP contribution in [0.1, 0.15) is 65.1 Å². The van der Waals surface area contributed by atoms with Crippen molar-refractivity contribution < 1.29 is 23.9 Å². The number of rotatable bonds is 10. The second-order valence-electron chi connectivity index (χ2n) is 10.0. The van der Waals surface area contributed by atoms with Gasteiger partial charge in [0.25, 0.3) is 5.91 Å². The van der Waals surface area contributed by atoms with Crippen molar-refractivity contribution in [2.24, 2.45) is 5.92 Å². The number of alkyl carbamates (subject to hydrolysis) is 1. The molecule has 0 fully saturated rings. The molecule has 0 radical (unpaired) electrons. The topological polar surface area (TPSA) is 97.0 Å². The number of nitrogens with one attached hydrogen (secondary N) is 2. The van der Waals surface area contributed by atoms with Gasteiger partial charge < -0.3 is 25.0 Å². The third kappa shape index (κ3) is 8.27. The first kappa shape index (κ1) is 30.2. The summed E-state index contributed by atoms with van der Waals surface area (Å²) in [6, 6.07) is 12.0. The molecule has 204 valence electrons. The van der Waals surface area contributed by atoms with E-state index in [0.29, 0.717) is 29.0 Å². The minimum atomic E-state index is -0.978. The number of carbonyl (C=O) groups is 3. The average molecular weight is 522 g/mol. The zero-order valence-corrected chi connectivity index (χ0v) is 23.3. The predicted molar refractivity (Wildman–Crippen MR) is 149 cm³/mol. The molecule has 0 aliphatic heterocycles. The molecule has 0 aromatic heterocycles. The SMILES string of the molecule is C#Cc1ccc(C(C(=O)Nc2ccc(OC)cc2)N(CC)C(=O)C(NC(=O)OC(C)(C)C)C(C)CC)cc1. The van der Waals surface area contributed by atoms with Gasteiger partial charge in [0.15, 0.2) is 0 Å². The lowest BCUT2D eigenvalue weighted by Crippen LogP contribution is -2.54. The number of benzene rings is 2. The first-order chi connectivity index (χ1) is 17.9. The molecule has 2 N–H and O–H groups in total. The van der Waals surface area contributed by atoms with Gasteiger partial charge in [0.2, 0.25) is 5.91 Å². The van der Waals surface area contributed by atoms with Crippen molar-refractivity contribution in [3.05, 3.63) is 59.7 Å². The van der Waals surface area contributed by atoms with Crippen molar-refractivity contribution >= 4 is 23.6 Å². The van der Waals surface area contributed by atoms with Crippen LogP contribution in [0.5, 0.6) is 5.75 Å².